The fourth-order valence-electron chi connectivity index (χ4n) is 2.87. The highest BCUT2D eigenvalue weighted by Gasteiger charge is 2.42. The van der Waals surface area contributed by atoms with Gasteiger partial charge in [-0.25, -0.2) is 24.1 Å². The zero-order chi connectivity index (χ0) is 22.1. The minimum atomic E-state index is -4.90. The number of imidazole rings is 1. The van der Waals surface area contributed by atoms with Gasteiger partial charge in [-0.2, -0.15) is 0 Å². The van der Waals surface area contributed by atoms with Crippen molar-refractivity contribution in [2.75, 3.05) is 18.1 Å². The Balaban J connectivity index is 1.88. The maximum Gasteiger partial charge on any atom is 0.469 e. The molecule has 0 radical (unpaired) electrons. The quantitative estimate of drug-likeness (QED) is 0.189. The number of aromatic nitrogens is 4. The molecular weight excluding hydrogens is 464 g/mol. The summed E-state index contributed by atoms with van der Waals surface area (Å²) in [5.74, 6) is 0.943. The van der Waals surface area contributed by atoms with Crippen molar-refractivity contribution in [3.05, 3.63) is 6.33 Å². The molecule has 0 bridgehead atoms. The van der Waals surface area contributed by atoms with Gasteiger partial charge in [0.05, 0.1) is 12.9 Å². The van der Waals surface area contributed by atoms with Crippen molar-refractivity contribution in [2.45, 2.75) is 43.4 Å². The standard InChI is InChI=1S/C13H21N5O9P2S/c1-2-3-30-13-16-11(14)10-12(17-13)18(6-15-10)9-4-7(27-29(22,23)24)8(26-9)5-25-28(19,20)21/h6-9H,2-5H2,1H3,(H2,14,16,17)(H2,19,20,21)(H2,22,23,24)/t7-,8+,9+/m0/s1. The van der Waals surface area contributed by atoms with Crippen LogP contribution in [0, 0.1) is 0 Å². The van der Waals surface area contributed by atoms with E-state index in [1.165, 1.54) is 22.7 Å². The smallest absolute Gasteiger partial charge is 0.382 e. The Kier molecular flexibility index (Phi) is 7.19. The monoisotopic (exact) mass is 485 g/mol. The Hall–Kier alpha value is -1.12. The van der Waals surface area contributed by atoms with Crippen molar-refractivity contribution in [3.63, 3.8) is 0 Å². The number of thioether (sulfide) groups is 1. The average Bonchev–Trinajstić information content (AvgIpc) is 3.20. The molecule has 0 saturated carbocycles. The van der Waals surface area contributed by atoms with Crippen LogP contribution in [0.1, 0.15) is 26.0 Å². The third kappa shape index (κ3) is 5.98. The Bertz CT molecular complexity index is 995. The van der Waals surface area contributed by atoms with E-state index in [0.717, 1.165) is 12.2 Å². The van der Waals surface area contributed by atoms with Gasteiger partial charge in [-0.15, -0.1) is 0 Å². The molecule has 1 saturated heterocycles. The van der Waals surface area contributed by atoms with E-state index in [1.54, 1.807) is 0 Å². The highest BCUT2D eigenvalue weighted by molar-refractivity contribution is 7.99. The van der Waals surface area contributed by atoms with Crippen molar-refractivity contribution in [3.8, 4) is 0 Å². The minimum Gasteiger partial charge on any atom is -0.382 e. The highest BCUT2D eigenvalue weighted by Crippen LogP contribution is 2.45. The van der Waals surface area contributed by atoms with Gasteiger partial charge in [0.2, 0.25) is 0 Å². The average molecular weight is 485 g/mol. The third-order valence-corrected chi connectivity index (χ3v) is 6.12. The molecule has 17 heteroatoms. The van der Waals surface area contributed by atoms with Crippen molar-refractivity contribution in [2.24, 2.45) is 0 Å². The number of phosphoric acid groups is 2. The van der Waals surface area contributed by atoms with Crippen molar-refractivity contribution in [1.82, 2.24) is 19.5 Å². The van der Waals surface area contributed by atoms with Gasteiger partial charge in [0, 0.05) is 12.2 Å². The summed E-state index contributed by atoms with van der Waals surface area (Å²) < 4.78 is 38.7. The first-order chi connectivity index (χ1) is 14.0. The first-order valence-corrected chi connectivity index (χ1v) is 12.7. The molecule has 0 aromatic carbocycles. The molecule has 0 unspecified atom stereocenters. The number of nitrogen functional groups attached to an aromatic ring is 1. The van der Waals surface area contributed by atoms with Crippen LogP contribution in [-0.2, 0) is 22.9 Å². The zero-order valence-electron chi connectivity index (χ0n) is 15.6. The number of nitrogens with two attached hydrogens (primary N) is 1. The lowest BCUT2D eigenvalue weighted by atomic mass is 10.2. The molecule has 2 aromatic heterocycles. The highest BCUT2D eigenvalue weighted by atomic mass is 32.2. The number of hydrogen-bond acceptors (Lipinski definition) is 10. The zero-order valence-corrected chi connectivity index (χ0v) is 18.2. The van der Waals surface area contributed by atoms with Crippen LogP contribution in [0.4, 0.5) is 5.82 Å². The topological polar surface area (TPSA) is 212 Å². The van der Waals surface area contributed by atoms with Gasteiger partial charge in [-0.3, -0.25) is 13.6 Å². The van der Waals surface area contributed by atoms with Gasteiger partial charge in [-0.1, -0.05) is 18.7 Å². The van der Waals surface area contributed by atoms with E-state index in [9.17, 15) is 9.13 Å². The molecule has 1 aliphatic rings. The maximum absolute atomic E-state index is 11.3. The Morgan fingerprint density at radius 3 is 2.67 bits per heavy atom. The van der Waals surface area contributed by atoms with Gasteiger partial charge in [0.25, 0.3) is 0 Å². The van der Waals surface area contributed by atoms with Crippen LogP contribution in [-0.4, -0.2) is 63.7 Å². The molecule has 168 valence electrons. The van der Waals surface area contributed by atoms with Crippen LogP contribution in [0.3, 0.4) is 0 Å². The van der Waals surface area contributed by atoms with Crippen LogP contribution in [0.25, 0.3) is 11.2 Å². The first kappa shape index (κ1) is 23.5. The molecule has 3 heterocycles. The van der Waals surface area contributed by atoms with E-state index < -0.39 is 40.7 Å². The molecule has 0 amide bonds. The summed E-state index contributed by atoms with van der Waals surface area (Å²) >= 11 is 1.41. The van der Waals surface area contributed by atoms with E-state index >= 15 is 0 Å². The number of phosphoric ester groups is 2. The van der Waals surface area contributed by atoms with Gasteiger partial charge in [0.15, 0.2) is 16.6 Å². The maximum atomic E-state index is 11.3. The van der Waals surface area contributed by atoms with Crippen LogP contribution in [0.2, 0.25) is 0 Å². The summed E-state index contributed by atoms with van der Waals surface area (Å²) in [5.41, 5.74) is 6.62. The Morgan fingerprint density at radius 1 is 1.30 bits per heavy atom. The second-order valence-corrected chi connectivity index (χ2v) is 9.84. The summed E-state index contributed by atoms with van der Waals surface area (Å²) in [7, 11) is -9.73. The van der Waals surface area contributed by atoms with Gasteiger partial charge in [0.1, 0.15) is 24.0 Å². The number of rotatable bonds is 9. The van der Waals surface area contributed by atoms with Crippen molar-refractivity contribution >= 4 is 44.4 Å². The molecule has 3 rings (SSSR count). The molecule has 30 heavy (non-hydrogen) atoms. The summed E-state index contributed by atoms with van der Waals surface area (Å²) in [5, 5.41) is 0.436. The van der Waals surface area contributed by atoms with E-state index in [4.69, 9.17) is 34.6 Å². The molecule has 6 N–H and O–H groups in total. The normalized spacial score (nSPS) is 22.8. The number of ether oxygens (including phenoxy) is 1. The molecule has 2 aromatic rings. The number of anilines is 1. The number of nitrogens with zero attached hydrogens (tertiary/aromatic N) is 4. The van der Waals surface area contributed by atoms with E-state index in [1.807, 2.05) is 6.92 Å². The number of hydrogen-bond donors (Lipinski definition) is 5. The van der Waals surface area contributed by atoms with E-state index in [2.05, 4.69) is 19.5 Å². The fraction of sp³-hybridized carbons (Fsp3) is 0.615. The van der Waals surface area contributed by atoms with Crippen LogP contribution < -0.4 is 5.73 Å². The van der Waals surface area contributed by atoms with Gasteiger partial charge < -0.3 is 30.0 Å². The fourth-order valence-corrected chi connectivity index (χ4v) is 4.48. The van der Waals surface area contributed by atoms with Crippen LogP contribution in [0.5, 0.6) is 0 Å². The van der Waals surface area contributed by atoms with Crippen molar-refractivity contribution < 1.29 is 42.5 Å². The van der Waals surface area contributed by atoms with Gasteiger partial charge in [-0.05, 0) is 6.42 Å². The van der Waals surface area contributed by atoms with E-state index in [0.29, 0.717) is 16.3 Å². The third-order valence-electron chi connectivity index (χ3n) is 4.03. The first-order valence-electron chi connectivity index (χ1n) is 8.69. The van der Waals surface area contributed by atoms with Crippen molar-refractivity contribution in [1.29, 1.82) is 0 Å². The molecule has 0 aliphatic carbocycles. The second kappa shape index (κ2) is 9.17. The SMILES string of the molecule is CCCSc1nc(N)c2ncn([C@H]3C[C@H](OP(=O)(O)O)[C@@H](COP(=O)(O)O)O3)c2n1. The molecule has 1 aliphatic heterocycles. The Morgan fingerprint density at radius 2 is 2.03 bits per heavy atom. The van der Waals surface area contributed by atoms with Crippen LogP contribution in [0.15, 0.2) is 11.5 Å². The summed E-state index contributed by atoms with van der Waals surface area (Å²) in [6, 6.07) is 0. The molecular formula is C13H21N5O9P2S. The summed E-state index contributed by atoms with van der Waals surface area (Å²) in [6.45, 7) is 1.36. The molecule has 3 atom stereocenters. The number of fused-ring (bicyclic) bond motifs is 1. The molecule has 0 spiro atoms. The lowest BCUT2D eigenvalue weighted by molar-refractivity contribution is -0.0417. The Labute approximate surface area is 174 Å². The summed E-state index contributed by atoms with van der Waals surface area (Å²) in [4.78, 5) is 48.9. The lowest BCUT2D eigenvalue weighted by Crippen LogP contribution is -2.28. The lowest BCUT2D eigenvalue weighted by Gasteiger charge is -2.19. The predicted molar refractivity (Wildman–Crippen MR) is 104 cm³/mol. The van der Waals surface area contributed by atoms with Crippen LogP contribution >= 0.6 is 27.4 Å². The molecule has 14 nitrogen and oxygen atoms in total. The largest absolute Gasteiger partial charge is 0.469 e. The van der Waals surface area contributed by atoms with Gasteiger partial charge >= 0.3 is 15.6 Å². The molecule has 1 fully saturated rings. The minimum absolute atomic E-state index is 0.0624. The second-order valence-electron chi connectivity index (χ2n) is 6.35. The van der Waals surface area contributed by atoms with E-state index in [-0.39, 0.29) is 12.2 Å². The predicted octanol–water partition coefficient (Wildman–Crippen LogP) is 0.785. The summed E-state index contributed by atoms with van der Waals surface area (Å²) in [6.07, 6.45) is -0.994.